The van der Waals surface area contributed by atoms with Gasteiger partial charge in [0.25, 0.3) is 0 Å². The summed E-state index contributed by atoms with van der Waals surface area (Å²) in [5.41, 5.74) is 1.15. The largest absolute Gasteiger partial charge is 0.383 e. The Morgan fingerprint density at radius 2 is 2.00 bits per heavy atom. The number of hydrogen-bond acceptors (Lipinski definition) is 2. The third-order valence-corrected chi connectivity index (χ3v) is 2.57. The quantitative estimate of drug-likeness (QED) is 0.666. The molecule has 0 aliphatic carbocycles. The zero-order chi connectivity index (χ0) is 10.9. The average molecular weight is 209 g/mol. The van der Waals surface area contributed by atoms with Gasteiger partial charge in [-0.3, -0.25) is 4.68 Å². The van der Waals surface area contributed by atoms with Crippen molar-refractivity contribution < 1.29 is 0 Å². The topological polar surface area (TPSA) is 29.9 Å². The Morgan fingerprint density at radius 3 is 2.67 bits per heavy atom. The van der Waals surface area contributed by atoms with E-state index < -0.39 is 0 Å². The summed E-state index contributed by atoms with van der Waals surface area (Å²) in [6.45, 7) is 6.36. The van der Waals surface area contributed by atoms with Crippen molar-refractivity contribution in [3.63, 3.8) is 0 Å². The van der Waals surface area contributed by atoms with Crippen molar-refractivity contribution >= 4 is 5.69 Å². The van der Waals surface area contributed by atoms with Crippen LogP contribution in [-0.4, -0.2) is 16.3 Å². The van der Waals surface area contributed by atoms with Gasteiger partial charge in [-0.25, -0.2) is 0 Å². The first-order valence-electron chi connectivity index (χ1n) is 6.13. The first-order chi connectivity index (χ1) is 7.36. The third kappa shape index (κ3) is 4.86. The summed E-state index contributed by atoms with van der Waals surface area (Å²) in [5.74, 6) is 0. The number of nitrogens with one attached hydrogen (secondary N) is 1. The van der Waals surface area contributed by atoms with E-state index >= 15 is 0 Å². The number of anilines is 1. The minimum absolute atomic E-state index is 0.943. The van der Waals surface area contributed by atoms with Gasteiger partial charge in [0, 0.05) is 19.3 Å². The molecule has 15 heavy (non-hydrogen) atoms. The van der Waals surface area contributed by atoms with Crippen molar-refractivity contribution in [1.82, 2.24) is 9.78 Å². The molecule has 0 unspecified atom stereocenters. The van der Waals surface area contributed by atoms with Gasteiger partial charge in [0.2, 0.25) is 0 Å². The van der Waals surface area contributed by atoms with E-state index in [0.29, 0.717) is 0 Å². The predicted octanol–water partition coefficient (Wildman–Crippen LogP) is 3.29. The van der Waals surface area contributed by atoms with E-state index in [1.165, 1.54) is 32.1 Å². The van der Waals surface area contributed by atoms with Crippen LogP contribution in [-0.2, 0) is 6.54 Å². The van der Waals surface area contributed by atoms with Gasteiger partial charge in [0.15, 0.2) is 0 Å². The fourth-order valence-electron chi connectivity index (χ4n) is 1.59. The zero-order valence-electron chi connectivity index (χ0n) is 10.00. The molecule has 0 spiro atoms. The van der Waals surface area contributed by atoms with Crippen LogP contribution in [0, 0.1) is 0 Å². The van der Waals surface area contributed by atoms with Gasteiger partial charge in [0.1, 0.15) is 0 Å². The molecule has 0 amide bonds. The molecule has 0 saturated heterocycles. The van der Waals surface area contributed by atoms with Gasteiger partial charge in [-0.1, -0.05) is 32.6 Å². The Morgan fingerprint density at radius 1 is 1.20 bits per heavy atom. The van der Waals surface area contributed by atoms with Crippen molar-refractivity contribution in [2.45, 2.75) is 52.5 Å². The number of aryl methyl sites for hydroxylation is 1. The molecule has 0 bridgehead atoms. The average Bonchev–Trinajstić information content (AvgIpc) is 2.71. The van der Waals surface area contributed by atoms with Crippen LogP contribution in [0.3, 0.4) is 0 Å². The van der Waals surface area contributed by atoms with Crippen molar-refractivity contribution in [1.29, 1.82) is 0 Å². The number of aromatic nitrogens is 2. The second kappa shape index (κ2) is 7.32. The van der Waals surface area contributed by atoms with E-state index in [4.69, 9.17) is 0 Å². The predicted molar refractivity (Wildman–Crippen MR) is 65.1 cm³/mol. The number of unbranched alkanes of at least 4 members (excludes halogenated alkanes) is 4. The van der Waals surface area contributed by atoms with Gasteiger partial charge in [-0.2, -0.15) is 5.10 Å². The van der Waals surface area contributed by atoms with Crippen LogP contribution >= 0.6 is 0 Å². The van der Waals surface area contributed by atoms with Crippen LogP contribution in [0.1, 0.15) is 46.0 Å². The molecular formula is C12H23N3. The van der Waals surface area contributed by atoms with Crippen molar-refractivity contribution in [3.8, 4) is 0 Å². The molecule has 1 N–H and O–H groups in total. The maximum atomic E-state index is 4.22. The molecule has 0 aromatic carbocycles. The summed E-state index contributed by atoms with van der Waals surface area (Å²) in [5, 5.41) is 7.61. The summed E-state index contributed by atoms with van der Waals surface area (Å²) in [7, 11) is 0. The molecule has 1 aromatic heterocycles. The van der Waals surface area contributed by atoms with Gasteiger partial charge in [-0.05, 0) is 13.3 Å². The summed E-state index contributed by atoms with van der Waals surface area (Å²) in [6.07, 6.45) is 10.6. The molecule has 3 nitrogen and oxygen atoms in total. The van der Waals surface area contributed by atoms with E-state index in [0.717, 1.165) is 18.8 Å². The first-order valence-corrected chi connectivity index (χ1v) is 6.13. The summed E-state index contributed by atoms with van der Waals surface area (Å²) in [4.78, 5) is 0. The number of nitrogens with zero attached hydrogens (tertiary/aromatic N) is 2. The Balaban J connectivity index is 2.04. The molecular weight excluding hydrogens is 186 g/mol. The lowest BCUT2D eigenvalue weighted by atomic mass is 10.1. The summed E-state index contributed by atoms with van der Waals surface area (Å²) in [6, 6.07) is 0. The summed E-state index contributed by atoms with van der Waals surface area (Å²) >= 11 is 0. The van der Waals surface area contributed by atoms with Crippen molar-refractivity contribution in [3.05, 3.63) is 12.4 Å². The molecule has 86 valence electrons. The van der Waals surface area contributed by atoms with E-state index in [9.17, 15) is 0 Å². The minimum Gasteiger partial charge on any atom is -0.383 e. The molecule has 0 atom stereocenters. The van der Waals surface area contributed by atoms with Crippen LogP contribution in [0.2, 0.25) is 0 Å². The van der Waals surface area contributed by atoms with E-state index in [1.54, 1.807) is 0 Å². The highest BCUT2D eigenvalue weighted by molar-refractivity contribution is 5.37. The van der Waals surface area contributed by atoms with E-state index in [2.05, 4.69) is 30.5 Å². The highest BCUT2D eigenvalue weighted by Gasteiger charge is 1.95. The Labute approximate surface area is 92.9 Å². The zero-order valence-corrected chi connectivity index (χ0v) is 10.00. The molecule has 1 rings (SSSR count). The third-order valence-electron chi connectivity index (χ3n) is 2.57. The van der Waals surface area contributed by atoms with Crippen molar-refractivity contribution in [2.75, 3.05) is 11.9 Å². The lowest BCUT2D eigenvalue weighted by Crippen LogP contribution is -2.00. The maximum absolute atomic E-state index is 4.22. The fourth-order valence-corrected chi connectivity index (χ4v) is 1.59. The number of rotatable bonds is 8. The highest BCUT2D eigenvalue weighted by Crippen LogP contribution is 2.06. The van der Waals surface area contributed by atoms with E-state index in [-0.39, 0.29) is 0 Å². The smallest absolute Gasteiger partial charge is 0.0726 e. The maximum Gasteiger partial charge on any atom is 0.0726 e. The van der Waals surface area contributed by atoms with Crippen LogP contribution in [0.25, 0.3) is 0 Å². The fraction of sp³-hybridized carbons (Fsp3) is 0.750. The van der Waals surface area contributed by atoms with Crippen LogP contribution < -0.4 is 5.32 Å². The molecule has 0 radical (unpaired) electrons. The lowest BCUT2D eigenvalue weighted by Gasteiger charge is -2.02. The monoisotopic (exact) mass is 209 g/mol. The first kappa shape index (κ1) is 12.1. The second-order valence-corrected chi connectivity index (χ2v) is 3.93. The van der Waals surface area contributed by atoms with Gasteiger partial charge >= 0.3 is 0 Å². The molecule has 0 fully saturated rings. The van der Waals surface area contributed by atoms with Crippen LogP contribution in [0.4, 0.5) is 5.69 Å². The SMILES string of the molecule is CCCCCCCNc1cnn(CC)c1. The standard InChI is InChI=1S/C12H23N3/c1-3-5-6-7-8-9-13-12-10-14-15(4-2)11-12/h10-11,13H,3-9H2,1-2H3. The van der Waals surface area contributed by atoms with Crippen molar-refractivity contribution in [2.24, 2.45) is 0 Å². The molecule has 0 aliphatic rings. The second-order valence-electron chi connectivity index (χ2n) is 3.93. The van der Waals surface area contributed by atoms with Crippen LogP contribution in [0.5, 0.6) is 0 Å². The Hall–Kier alpha value is -0.990. The molecule has 0 saturated carbocycles. The molecule has 3 heteroatoms. The Bertz CT molecular complexity index is 255. The lowest BCUT2D eigenvalue weighted by molar-refractivity contribution is 0.645. The molecule has 1 aromatic rings. The van der Waals surface area contributed by atoms with Crippen LogP contribution in [0.15, 0.2) is 12.4 Å². The molecule has 0 aliphatic heterocycles. The molecule has 1 heterocycles. The highest BCUT2D eigenvalue weighted by atomic mass is 15.3. The van der Waals surface area contributed by atoms with Gasteiger partial charge in [0.05, 0.1) is 11.9 Å². The van der Waals surface area contributed by atoms with Gasteiger partial charge < -0.3 is 5.32 Å². The van der Waals surface area contributed by atoms with Gasteiger partial charge in [-0.15, -0.1) is 0 Å². The number of hydrogen-bond donors (Lipinski definition) is 1. The normalized spacial score (nSPS) is 10.5. The summed E-state index contributed by atoms with van der Waals surface area (Å²) < 4.78 is 1.94. The Kier molecular flexibility index (Phi) is 5.90. The van der Waals surface area contributed by atoms with E-state index in [1.807, 2.05) is 10.9 Å². The minimum atomic E-state index is 0.943.